The number of nitriles is 1. The van der Waals surface area contributed by atoms with Crippen molar-refractivity contribution in [2.45, 2.75) is 51.7 Å². The molecule has 6 nitrogen and oxygen atoms in total. The molecule has 1 rings (SSSR count). The Morgan fingerprint density at radius 1 is 1.47 bits per heavy atom. The Kier molecular flexibility index (Phi) is 5.16. The van der Waals surface area contributed by atoms with Crippen molar-refractivity contribution < 1.29 is 14.3 Å². The molecule has 0 radical (unpaired) electrons. The molecular formula is C13H21N3O3. The standard InChI is InChI=1S/C13H21N3O3/c1-13(2,3)19-12(18)15-10-5-4-8-16(9-10)11(17)6-7-14/h10H,4-6,8-9H2,1-3H3,(H,15,18). The highest BCUT2D eigenvalue weighted by Crippen LogP contribution is 2.13. The number of amides is 2. The molecule has 1 aliphatic heterocycles. The van der Waals surface area contributed by atoms with Crippen molar-refractivity contribution in [3.05, 3.63) is 0 Å². The minimum atomic E-state index is -0.533. The number of alkyl carbamates (subject to hydrolysis) is 1. The SMILES string of the molecule is CC(C)(C)OC(=O)NC1CCCN(C(=O)CC#N)C1. The zero-order chi connectivity index (χ0) is 14.5. The largest absolute Gasteiger partial charge is 0.444 e. The number of likely N-dealkylation sites (tertiary alicyclic amines) is 1. The summed E-state index contributed by atoms with van der Waals surface area (Å²) in [5, 5.41) is 11.3. The van der Waals surface area contributed by atoms with Gasteiger partial charge in [-0.3, -0.25) is 4.79 Å². The predicted octanol–water partition coefficient (Wildman–Crippen LogP) is 1.42. The molecular weight excluding hydrogens is 246 g/mol. The zero-order valence-corrected chi connectivity index (χ0v) is 11.7. The van der Waals surface area contributed by atoms with Gasteiger partial charge in [0.2, 0.25) is 5.91 Å². The van der Waals surface area contributed by atoms with E-state index >= 15 is 0 Å². The van der Waals surface area contributed by atoms with Gasteiger partial charge in [0.25, 0.3) is 0 Å². The summed E-state index contributed by atoms with van der Waals surface area (Å²) in [6, 6.07) is 1.74. The summed E-state index contributed by atoms with van der Waals surface area (Å²) in [4.78, 5) is 24.9. The van der Waals surface area contributed by atoms with Crippen molar-refractivity contribution in [3.8, 4) is 6.07 Å². The summed E-state index contributed by atoms with van der Waals surface area (Å²) in [7, 11) is 0. The first-order valence-electron chi connectivity index (χ1n) is 6.46. The van der Waals surface area contributed by atoms with Gasteiger partial charge < -0.3 is 15.0 Å². The molecule has 6 heteroatoms. The normalized spacial score (nSPS) is 19.5. The Hall–Kier alpha value is -1.77. The van der Waals surface area contributed by atoms with Gasteiger partial charge >= 0.3 is 6.09 Å². The fourth-order valence-corrected chi connectivity index (χ4v) is 1.98. The molecule has 1 aliphatic rings. The van der Waals surface area contributed by atoms with E-state index in [2.05, 4.69) is 5.32 Å². The van der Waals surface area contributed by atoms with Crippen molar-refractivity contribution in [1.82, 2.24) is 10.2 Å². The van der Waals surface area contributed by atoms with Gasteiger partial charge in [0.05, 0.1) is 6.07 Å². The van der Waals surface area contributed by atoms with Crippen LogP contribution in [0.15, 0.2) is 0 Å². The molecule has 0 bridgehead atoms. The first-order valence-corrected chi connectivity index (χ1v) is 6.46. The van der Waals surface area contributed by atoms with Gasteiger partial charge in [-0.1, -0.05) is 0 Å². The fraction of sp³-hybridized carbons (Fsp3) is 0.769. The molecule has 1 atom stereocenters. The van der Waals surface area contributed by atoms with E-state index in [4.69, 9.17) is 10.00 Å². The minimum Gasteiger partial charge on any atom is -0.444 e. The van der Waals surface area contributed by atoms with E-state index in [1.807, 2.05) is 6.07 Å². The van der Waals surface area contributed by atoms with E-state index < -0.39 is 11.7 Å². The van der Waals surface area contributed by atoms with Crippen LogP contribution in [0.5, 0.6) is 0 Å². The lowest BCUT2D eigenvalue weighted by Gasteiger charge is -2.33. The van der Waals surface area contributed by atoms with Crippen LogP contribution in [0, 0.1) is 11.3 Å². The maximum absolute atomic E-state index is 11.6. The Bertz CT molecular complexity index is 382. The Morgan fingerprint density at radius 2 is 2.16 bits per heavy atom. The van der Waals surface area contributed by atoms with Crippen LogP contribution in [0.1, 0.15) is 40.0 Å². The second-order valence-electron chi connectivity index (χ2n) is 5.66. The molecule has 2 amide bonds. The maximum atomic E-state index is 11.6. The number of nitrogens with one attached hydrogen (secondary N) is 1. The number of nitrogens with zero attached hydrogens (tertiary/aromatic N) is 2. The number of ether oxygens (including phenoxy) is 1. The Balaban J connectivity index is 2.45. The maximum Gasteiger partial charge on any atom is 0.407 e. The molecule has 1 heterocycles. The van der Waals surface area contributed by atoms with Gasteiger partial charge in [-0.25, -0.2) is 4.79 Å². The number of carbonyl (C=O) groups is 2. The highest BCUT2D eigenvalue weighted by atomic mass is 16.6. The van der Waals surface area contributed by atoms with Crippen molar-refractivity contribution in [3.63, 3.8) is 0 Å². The average molecular weight is 267 g/mol. The number of rotatable bonds is 2. The first-order chi connectivity index (χ1) is 8.81. The highest BCUT2D eigenvalue weighted by molar-refractivity contribution is 5.78. The van der Waals surface area contributed by atoms with Crippen LogP contribution in [0.2, 0.25) is 0 Å². The number of hydrogen-bond donors (Lipinski definition) is 1. The molecule has 1 N–H and O–H groups in total. The van der Waals surface area contributed by atoms with E-state index in [-0.39, 0.29) is 18.4 Å². The summed E-state index contributed by atoms with van der Waals surface area (Å²) in [6.07, 6.45) is 1.05. The lowest BCUT2D eigenvalue weighted by molar-refractivity contribution is -0.131. The third-order valence-corrected chi connectivity index (χ3v) is 2.73. The lowest BCUT2D eigenvalue weighted by atomic mass is 10.1. The van der Waals surface area contributed by atoms with E-state index in [9.17, 15) is 9.59 Å². The average Bonchev–Trinajstić information content (AvgIpc) is 2.27. The molecule has 0 aromatic rings. The molecule has 1 fully saturated rings. The van der Waals surface area contributed by atoms with Crippen molar-refractivity contribution >= 4 is 12.0 Å². The second kappa shape index (κ2) is 6.41. The summed E-state index contributed by atoms with van der Waals surface area (Å²) < 4.78 is 5.18. The monoisotopic (exact) mass is 267 g/mol. The van der Waals surface area contributed by atoms with E-state index in [0.29, 0.717) is 13.1 Å². The van der Waals surface area contributed by atoms with Crippen LogP contribution in [0.4, 0.5) is 4.79 Å². The third kappa shape index (κ3) is 5.60. The van der Waals surface area contributed by atoms with Gasteiger partial charge in [-0.05, 0) is 33.6 Å². The molecule has 1 saturated heterocycles. The van der Waals surface area contributed by atoms with Crippen LogP contribution in [-0.2, 0) is 9.53 Å². The topological polar surface area (TPSA) is 82.4 Å². The van der Waals surface area contributed by atoms with Crippen LogP contribution >= 0.6 is 0 Å². The zero-order valence-electron chi connectivity index (χ0n) is 11.7. The first kappa shape index (κ1) is 15.3. The molecule has 19 heavy (non-hydrogen) atoms. The number of piperidine rings is 1. The number of hydrogen-bond acceptors (Lipinski definition) is 4. The molecule has 0 saturated carbocycles. The van der Waals surface area contributed by atoms with Crippen molar-refractivity contribution in [2.24, 2.45) is 0 Å². The Morgan fingerprint density at radius 3 is 2.74 bits per heavy atom. The van der Waals surface area contributed by atoms with E-state index in [0.717, 1.165) is 12.8 Å². The quantitative estimate of drug-likeness (QED) is 0.820. The molecule has 0 aliphatic carbocycles. The summed E-state index contributed by atoms with van der Waals surface area (Å²) in [5.74, 6) is -0.182. The van der Waals surface area contributed by atoms with Crippen molar-refractivity contribution in [1.29, 1.82) is 5.26 Å². The predicted molar refractivity (Wildman–Crippen MR) is 69.2 cm³/mol. The molecule has 0 aromatic carbocycles. The molecule has 106 valence electrons. The third-order valence-electron chi connectivity index (χ3n) is 2.73. The van der Waals surface area contributed by atoms with Gasteiger partial charge in [-0.2, -0.15) is 5.26 Å². The highest BCUT2D eigenvalue weighted by Gasteiger charge is 2.26. The summed E-state index contributed by atoms with van der Waals surface area (Å²) in [6.45, 7) is 6.50. The van der Waals surface area contributed by atoms with Gasteiger partial charge in [0, 0.05) is 19.1 Å². The van der Waals surface area contributed by atoms with E-state index in [1.54, 1.807) is 25.7 Å². The smallest absolute Gasteiger partial charge is 0.407 e. The summed E-state index contributed by atoms with van der Waals surface area (Å²) in [5.41, 5.74) is -0.533. The van der Waals surface area contributed by atoms with Crippen LogP contribution in [-0.4, -0.2) is 41.6 Å². The molecule has 1 unspecified atom stereocenters. The van der Waals surface area contributed by atoms with E-state index in [1.165, 1.54) is 0 Å². The molecule has 0 spiro atoms. The van der Waals surface area contributed by atoms with Gasteiger partial charge in [0.1, 0.15) is 12.0 Å². The second-order valence-corrected chi connectivity index (χ2v) is 5.66. The number of carbonyl (C=O) groups excluding carboxylic acids is 2. The summed E-state index contributed by atoms with van der Waals surface area (Å²) >= 11 is 0. The Labute approximate surface area is 113 Å². The van der Waals surface area contributed by atoms with Crippen molar-refractivity contribution in [2.75, 3.05) is 13.1 Å². The molecule has 0 aromatic heterocycles. The van der Waals surface area contributed by atoms with Gasteiger partial charge in [0.15, 0.2) is 0 Å². The van der Waals surface area contributed by atoms with Crippen LogP contribution in [0.25, 0.3) is 0 Å². The minimum absolute atomic E-state index is 0.105. The van der Waals surface area contributed by atoms with Crippen LogP contribution < -0.4 is 5.32 Å². The lowest BCUT2D eigenvalue weighted by Crippen LogP contribution is -2.50. The van der Waals surface area contributed by atoms with Crippen LogP contribution in [0.3, 0.4) is 0 Å². The van der Waals surface area contributed by atoms with Gasteiger partial charge in [-0.15, -0.1) is 0 Å². The fourth-order valence-electron chi connectivity index (χ4n) is 1.98.